The van der Waals surface area contributed by atoms with E-state index in [1.807, 2.05) is 0 Å². The molecule has 0 aliphatic carbocycles. The Bertz CT molecular complexity index is 327. The first-order valence-corrected chi connectivity index (χ1v) is 4.47. The normalized spacial score (nSPS) is 9.77. The summed E-state index contributed by atoms with van der Waals surface area (Å²) in [6.45, 7) is 3.68. The van der Waals surface area contributed by atoms with Crippen molar-refractivity contribution in [3.8, 4) is 0 Å². The monoisotopic (exact) mass is 244 g/mol. The molecule has 0 aromatic heterocycles. The number of hydrogen-bond acceptors (Lipinski definition) is 1. The van der Waals surface area contributed by atoms with E-state index in [0.717, 1.165) is 0 Å². The molecule has 1 amide bonds. The highest BCUT2D eigenvalue weighted by Crippen LogP contribution is 2.15. The molecule has 4 heteroatoms. The second-order valence-electron chi connectivity index (χ2n) is 2.38. The summed E-state index contributed by atoms with van der Waals surface area (Å²) in [4.78, 5) is 11.2. The molecular weight excluding hydrogens is 237 g/mol. The van der Waals surface area contributed by atoms with Crippen molar-refractivity contribution in [2.45, 2.75) is 0 Å². The van der Waals surface area contributed by atoms with Gasteiger partial charge in [0.2, 0.25) is 0 Å². The largest absolute Gasteiger partial charge is 0.352 e. The zero-order valence-corrected chi connectivity index (χ0v) is 8.40. The average Bonchev–Trinajstić information content (AvgIpc) is 2.09. The molecule has 0 unspecified atom stereocenters. The van der Waals surface area contributed by atoms with E-state index in [-0.39, 0.29) is 12.1 Å². The molecule has 2 nitrogen and oxygen atoms in total. The molecular formula is C9H8BrFNO. The topological polar surface area (TPSA) is 29.1 Å². The first-order chi connectivity index (χ1) is 6.15. The molecule has 0 atom stereocenters. The molecule has 0 saturated heterocycles. The van der Waals surface area contributed by atoms with Crippen LogP contribution in [-0.4, -0.2) is 12.5 Å². The van der Waals surface area contributed by atoms with Crippen molar-refractivity contribution in [1.29, 1.82) is 0 Å². The van der Waals surface area contributed by atoms with E-state index >= 15 is 0 Å². The van der Waals surface area contributed by atoms with Gasteiger partial charge in [-0.1, -0.05) is 15.9 Å². The van der Waals surface area contributed by atoms with Crippen LogP contribution >= 0.6 is 15.9 Å². The van der Waals surface area contributed by atoms with Gasteiger partial charge in [0.05, 0.1) is 5.56 Å². The Morgan fingerprint density at radius 1 is 1.62 bits per heavy atom. The van der Waals surface area contributed by atoms with Gasteiger partial charge >= 0.3 is 0 Å². The van der Waals surface area contributed by atoms with Crippen LogP contribution in [0.1, 0.15) is 10.4 Å². The Labute approximate surface area is 84.3 Å². The lowest BCUT2D eigenvalue weighted by Gasteiger charge is -2.03. The highest BCUT2D eigenvalue weighted by Gasteiger charge is 2.10. The molecule has 0 saturated carbocycles. The van der Waals surface area contributed by atoms with Gasteiger partial charge in [0.15, 0.2) is 0 Å². The molecule has 69 valence electrons. The van der Waals surface area contributed by atoms with E-state index in [0.29, 0.717) is 4.47 Å². The third-order valence-corrected chi connectivity index (χ3v) is 1.95. The van der Waals surface area contributed by atoms with Gasteiger partial charge in [-0.3, -0.25) is 4.79 Å². The van der Waals surface area contributed by atoms with E-state index in [9.17, 15) is 9.18 Å². The Balaban J connectivity index is 2.99. The maximum Gasteiger partial charge on any atom is 0.254 e. The van der Waals surface area contributed by atoms with Gasteiger partial charge in [0.25, 0.3) is 5.91 Å². The number of amides is 1. The summed E-state index contributed by atoms with van der Waals surface area (Å²) in [6.07, 6.45) is 0. The fraction of sp³-hybridized carbons (Fsp3) is 0.111. The van der Waals surface area contributed by atoms with Gasteiger partial charge in [-0.15, -0.1) is 0 Å². The Morgan fingerprint density at radius 2 is 2.31 bits per heavy atom. The number of hydrogen-bond donors (Lipinski definition) is 1. The van der Waals surface area contributed by atoms with E-state index in [4.69, 9.17) is 0 Å². The fourth-order valence-electron chi connectivity index (χ4n) is 0.880. The van der Waals surface area contributed by atoms with Gasteiger partial charge in [-0.2, -0.15) is 0 Å². The lowest BCUT2D eigenvalue weighted by molar-refractivity contribution is 0.0954. The van der Waals surface area contributed by atoms with Crippen LogP contribution in [0.3, 0.4) is 0 Å². The van der Waals surface area contributed by atoms with Crippen LogP contribution in [-0.2, 0) is 0 Å². The van der Waals surface area contributed by atoms with Crippen LogP contribution in [0, 0.1) is 12.7 Å². The summed E-state index contributed by atoms with van der Waals surface area (Å²) < 4.78 is 13.7. The summed E-state index contributed by atoms with van der Waals surface area (Å²) in [7, 11) is 0. The summed E-state index contributed by atoms with van der Waals surface area (Å²) >= 11 is 3.15. The predicted molar refractivity (Wildman–Crippen MR) is 51.8 cm³/mol. The molecule has 0 spiro atoms. The SMILES string of the molecule is [CH2]CNC(=O)c1cc(Br)ccc1F. The minimum Gasteiger partial charge on any atom is -0.352 e. The Hall–Kier alpha value is -0.900. The van der Waals surface area contributed by atoms with Gasteiger partial charge in [-0.05, 0) is 25.1 Å². The molecule has 0 bridgehead atoms. The zero-order valence-electron chi connectivity index (χ0n) is 6.81. The molecule has 13 heavy (non-hydrogen) atoms. The van der Waals surface area contributed by atoms with Crippen molar-refractivity contribution < 1.29 is 9.18 Å². The van der Waals surface area contributed by atoms with Crippen molar-refractivity contribution >= 4 is 21.8 Å². The maximum atomic E-state index is 13.0. The summed E-state index contributed by atoms with van der Waals surface area (Å²) in [5, 5.41) is 2.42. The molecule has 1 aromatic rings. The minimum atomic E-state index is -0.533. The van der Waals surface area contributed by atoms with Crippen LogP contribution < -0.4 is 5.32 Å². The standard InChI is InChI=1S/C9H8BrFNO/c1-2-12-9(13)7-5-6(10)3-4-8(7)11/h3-5H,1-2H2,(H,12,13). The van der Waals surface area contributed by atoms with Crippen molar-refractivity contribution in [2.24, 2.45) is 0 Å². The third-order valence-electron chi connectivity index (χ3n) is 1.46. The second-order valence-corrected chi connectivity index (χ2v) is 3.30. The van der Waals surface area contributed by atoms with Gasteiger partial charge in [0, 0.05) is 11.0 Å². The molecule has 1 aromatic carbocycles. The highest BCUT2D eigenvalue weighted by molar-refractivity contribution is 9.10. The minimum absolute atomic E-state index is 0.0259. The molecule has 0 heterocycles. The molecule has 1 radical (unpaired) electrons. The van der Waals surface area contributed by atoms with E-state index < -0.39 is 11.7 Å². The van der Waals surface area contributed by atoms with Crippen LogP contribution in [0.5, 0.6) is 0 Å². The molecule has 1 rings (SSSR count). The number of carbonyl (C=O) groups excluding carboxylic acids is 1. The van der Waals surface area contributed by atoms with E-state index in [2.05, 4.69) is 28.2 Å². The van der Waals surface area contributed by atoms with Crippen LogP contribution in [0.4, 0.5) is 4.39 Å². The molecule has 0 aliphatic rings. The van der Waals surface area contributed by atoms with Gasteiger partial charge in [0.1, 0.15) is 5.82 Å². The predicted octanol–water partition coefficient (Wildman–Crippen LogP) is 2.15. The zero-order chi connectivity index (χ0) is 9.84. The summed E-state index contributed by atoms with van der Waals surface area (Å²) in [6, 6.07) is 4.21. The average molecular weight is 245 g/mol. The quantitative estimate of drug-likeness (QED) is 0.849. The van der Waals surface area contributed by atoms with Crippen LogP contribution in [0.15, 0.2) is 22.7 Å². The first kappa shape index (κ1) is 10.2. The van der Waals surface area contributed by atoms with Gasteiger partial charge < -0.3 is 5.32 Å². The first-order valence-electron chi connectivity index (χ1n) is 3.67. The fourth-order valence-corrected chi connectivity index (χ4v) is 1.24. The highest BCUT2D eigenvalue weighted by atomic mass is 79.9. The summed E-state index contributed by atoms with van der Waals surface area (Å²) in [5.41, 5.74) is 0.0259. The third kappa shape index (κ3) is 2.52. The maximum absolute atomic E-state index is 13.0. The number of benzene rings is 1. The lowest BCUT2D eigenvalue weighted by atomic mass is 10.2. The van der Waals surface area contributed by atoms with Crippen molar-refractivity contribution in [2.75, 3.05) is 6.54 Å². The number of carbonyl (C=O) groups is 1. The molecule has 0 fully saturated rings. The van der Waals surface area contributed by atoms with E-state index in [1.54, 1.807) is 0 Å². The van der Waals surface area contributed by atoms with Crippen molar-refractivity contribution in [3.63, 3.8) is 0 Å². The van der Waals surface area contributed by atoms with Crippen LogP contribution in [0.25, 0.3) is 0 Å². The van der Waals surface area contributed by atoms with Gasteiger partial charge in [-0.25, -0.2) is 4.39 Å². The second kappa shape index (κ2) is 4.37. The Kier molecular flexibility index (Phi) is 3.42. The number of nitrogens with one attached hydrogen (secondary N) is 1. The molecule has 0 aliphatic heterocycles. The number of halogens is 2. The molecule has 1 N–H and O–H groups in total. The van der Waals surface area contributed by atoms with Crippen LogP contribution in [0.2, 0.25) is 0 Å². The van der Waals surface area contributed by atoms with Crippen molar-refractivity contribution in [3.05, 3.63) is 41.0 Å². The van der Waals surface area contributed by atoms with Crippen molar-refractivity contribution in [1.82, 2.24) is 5.32 Å². The Morgan fingerprint density at radius 3 is 2.92 bits per heavy atom. The summed E-state index contributed by atoms with van der Waals surface area (Å²) in [5.74, 6) is -0.983. The lowest BCUT2D eigenvalue weighted by Crippen LogP contribution is -2.23. The van der Waals surface area contributed by atoms with E-state index in [1.165, 1.54) is 18.2 Å². The number of rotatable bonds is 2. The smallest absolute Gasteiger partial charge is 0.254 e.